The lowest BCUT2D eigenvalue weighted by Crippen LogP contribution is -2.17. The number of rotatable bonds is 4. The van der Waals surface area contributed by atoms with E-state index in [0.29, 0.717) is 10.8 Å². The van der Waals surface area contributed by atoms with Crippen LogP contribution in [0.1, 0.15) is 12.5 Å². The van der Waals surface area contributed by atoms with Crippen LogP contribution in [0.25, 0.3) is 0 Å². The molecule has 18 heavy (non-hydrogen) atoms. The van der Waals surface area contributed by atoms with E-state index >= 15 is 0 Å². The maximum absolute atomic E-state index is 5.98. The van der Waals surface area contributed by atoms with Crippen molar-refractivity contribution in [2.45, 2.75) is 19.4 Å². The minimum atomic E-state index is 0.0870. The summed E-state index contributed by atoms with van der Waals surface area (Å²) in [6.07, 6.45) is 4.16. The SMILES string of the molecule is CC(N)Cc1cnc(Oc2ccccc2Cl)nc1. The third-order valence-electron chi connectivity index (χ3n) is 2.28. The van der Waals surface area contributed by atoms with Gasteiger partial charge in [-0.05, 0) is 31.0 Å². The average molecular weight is 264 g/mol. The van der Waals surface area contributed by atoms with E-state index in [1.54, 1.807) is 24.5 Å². The summed E-state index contributed by atoms with van der Waals surface area (Å²) < 4.78 is 5.48. The lowest BCUT2D eigenvalue weighted by molar-refractivity contribution is 0.441. The fourth-order valence-electron chi connectivity index (χ4n) is 1.50. The first kappa shape index (κ1) is 12.8. The minimum absolute atomic E-state index is 0.0870. The molecular weight excluding hydrogens is 250 g/mol. The van der Waals surface area contributed by atoms with Gasteiger partial charge in [0, 0.05) is 18.4 Å². The molecule has 2 rings (SSSR count). The van der Waals surface area contributed by atoms with Gasteiger partial charge in [0.1, 0.15) is 5.75 Å². The molecule has 0 spiro atoms. The second-order valence-corrected chi connectivity index (χ2v) is 4.49. The van der Waals surface area contributed by atoms with Crippen LogP contribution in [0.15, 0.2) is 36.7 Å². The third-order valence-corrected chi connectivity index (χ3v) is 2.59. The number of nitrogens with two attached hydrogens (primary N) is 1. The van der Waals surface area contributed by atoms with E-state index < -0.39 is 0 Å². The molecule has 5 heteroatoms. The quantitative estimate of drug-likeness (QED) is 0.921. The topological polar surface area (TPSA) is 61.0 Å². The number of hydrogen-bond acceptors (Lipinski definition) is 4. The number of halogens is 1. The van der Waals surface area contributed by atoms with E-state index in [4.69, 9.17) is 22.1 Å². The van der Waals surface area contributed by atoms with Gasteiger partial charge < -0.3 is 10.5 Å². The zero-order valence-electron chi connectivity index (χ0n) is 10.0. The van der Waals surface area contributed by atoms with Crippen LogP contribution in [0.4, 0.5) is 0 Å². The highest BCUT2D eigenvalue weighted by Gasteiger charge is 2.05. The Labute approximate surface area is 111 Å². The summed E-state index contributed by atoms with van der Waals surface area (Å²) in [4.78, 5) is 8.24. The predicted octanol–water partition coefficient (Wildman–Crippen LogP) is 2.81. The first-order valence-electron chi connectivity index (χ1n) is 5.64. The lowest BCUT2D eigenvalue weighted by Gasteiger charge is -2.07. The van der Waals surface area contributed by atoms with E-state index in [9.17, 15) is 0 Å². The van der Waals surface area contributed by atoms with Crippen LogP contribution in [0, 0.1) is 0 Å². The summed E-state index contributed by atoms with van der Waals surface area (Å²) >= 11 is 5.98. The molecule has 0 radical (unpaired) electrons. The highest BCUT2D eigenvalue weighted by atomic mass is 35.5. The summed E-state index contributed by atoms with van der Waals surface area (Å²) in [5, 5.41) is 0.528. The van der Waals surface area contributed by atoms with Gasteiger partial charge in [0.05, 0.1) is 5.02 Å². The molecule has 2 aromatic rings. The minimum Gasteiger partial charge on any atom is -0.423 e. The van der Waals surface area contributed by atoms with Crippen LogP contribution in [-0.2, 0) is 6.42 Å². The van der Waals surface area contributed by atoms with Crippen LogP contribution in [-0.4, -0.2) is 16.0 Å². The number of ether oxygens (including phenoxy) is 1. The number of benzene rings is 1. The normalized spacial score (nSPS) is 12.2. The molecule has 4 nitrogen and oxygen atoms in total. The predicted molar refractivity (Wildman–Crippen MR) is 70.9 cm³/mol. The Hall–Kier alpha value is -1.65. The van der Waals surface area contributed by atoms with Crippen LogP contribution in [0.5, 0.6) is 11.8 Å². The molecule has 1 aromatic heterocycles. The number of nitrogens with zero attached hydrogens (tertiary/aromatic N) is 2. The van der Waals surface area contributed by atoms with Gasteiger partial charge in [-0.1, -0.05) is 23.7 Å². The Morgan fingerprint density at radius 1 is 1.28 bits per heavy atom. The summed E-state index contributed by atoms with van der Waals surface area (Å²) in [6.45, 7) is 1.94. The zero-order valence-corrected chi connectivity index (χ0v) is 10.8. The lowest BCUT2D eigenvalue weighted by atomic mass is 10.1. The van der Waals surface area contributed by atoms with E-state index in [1.807, 2.05) is 19.1 Å². The Morgan fingerprint density at radius 3 is 2.56 bits per heavy atom. The molecule has 1 atom stereocenters. The summed E-state index contributed by atoms with van der Waals surface area (Å²) in [6, 6.07) is 7.55. The Kier molecular flexibility index (Phi) is 4.12. The highest BCUT2D eigenvalue weighted by molar-refractivity contribution is 6.32. The van der Waals surface area contributed by atoms with Crippen LogP contribution in [0.3, 0.4) is 0 Å². The van der Waals surface area contributed by atoms with Crippen molar-refractivity contribution >= 4 is 11.6 Å². The maximum Gasteiger partial charge on any atom is 0.321 e. The molecule has 1 heterocycles. The van der Waals surface area contributed by atoms with Gasteiger partial charge in [-0.3, -0.25) is 0 Å². The van der Waals surface area contributed by atoms with Gasteiger partial charge in [-0.25, -0.2) is 9.97 Å². The Bertz CT molecular complexity index is 514. The van der Waals surface area contributed by atoms with Gasteiger partial charge in [0.2, 0.25) is 0 Å². The van der Waals surface area contributed by atoms with Crippen molar-refractivity contribution in [2.75, 3.05) is 0 Å². The van der Waals surface area contributed by atoms with Gasteiger partial charge in [0.25, 0.3) is 0 Å². The summed E-state index contributed by atoms with van der Waals surface area (Å²) in [5.41, 5.74) is 6.68. The molecule has 0 aliphatic carbocycles. The fraction of sp³-hybridized carbons (Fsp3) is 0.231. The van der Waals surface area contributed by atoms with Crippen molar-refractivity contribution < 1.29 is 4.74 Å². The van der Waals surface area contributed by atoms with Crippen molar-refractivity contribution in [1.29, 1.82) is 0 Å². The summed E-state index contributed by atoms with van der Waals surface area (Å²) in [5.74, 6) is 0.541. The van der Waals surface area contributed by atoms with Crippen molar-refractivity contribution in [2.24, 2.45) is 5.73 Å². The number of aromatic nitrogens is 2. The first-order valence-corrected chi connectivity index (χ1v) is 6.02. The van der Waals surface area contributed by atoms with Crippen LogP contribution < -0.4 is 10.5 Å². The molecule has 0 saturated carbocycles. The molecule has 0 amide bonds. The largest absolute Gasteiger partial charge is 0.423 e. The Morgan fingerprint density at radius 2 is 1.94 bits per heavy atom. The highest BCUT2D eigenvalue weighted by Crippen LogP contribution is 2.26. The van der Waals surface area contributed by atoms with Crippen LogP contribution in [0.2, 0.25) is 5.02 Å². The second-order valence-electron chi connectivity index (χ2n) is 4.09. The molecule has 94 valence electrons. The standard InChI is InChI=1S/C13H14ClN3O/c1-9(15)6-10-7-16-13(17-8-10)18-12-5-3-2-4-11(12)14/h2-5,7-9H,6,15H2,1H3. The van der Waals surface area contributed by atoms with Gasteiger partial charge in [-0.15, -0.1) is 0 Å². The molecule has 0 aliphatic rings. The number of hydrogen-bond donors (Lipinski definition) is 1. The van der Waals surface area contributed by atoms with Gasteiger partial charge >= 0.3 is 6.01 Å². The van der Waals surface area contributed by atoms with E-state index in [0.717, 1.165) is 12.0 Å². The fourth-order valence-corrected chi connectivity index (χ4v) is 1.67. The van der Waals surface area contributed by atoms with E-state index in [2.05, 4.69) is 9.97 Å². The van der Waals surface area contributed by atoms with Crippen LogP contribution >= 0.6 is 11.6 Å². The molecule has 0 saturated heterocycles. The maximum atomic E-state index is 5.98. The van der Waals surface area contributed by atoms with E-state index in [-0.39, 0.29) is 12.1 Å². The first-order chi connectivity index (χ1) is 8.65. The average Bonchev–Trinajstić information content (AvgIpc) is 2.34. The second kappa shape index (κ2) is 5.80. The molecule has 0 fully saturated rings. The van der Waals surface area contributed by atoms with E-state index in [1.165, 1.54) is 0 Å². The molecule has 0 bridgehead atoms. The summed E-state index contributed by atoms with van der Waals surface area (Å²) in [7, 11) is 0. The number of para-hydroxylation sites is 1. The van der Waals surface area contributed by atoms with Gasteiger partial charge in [-0.2, -0.15) is 0 Å². The Balaban J connectivity index is 2.09. The molecule has 0 aliphatic heterocycles. The molecular formula is C13H14ClN3O. The molecule has 2 N–H and O–H groups in total. The van der Waals surface area contributed by atoms with Crippen molar-refractivity contribution in [3.63, 3.8) is 0 Å². The van der Waals surface area contributed by atoms with Crippen molar-refractivity contribution in [1.82, 2.24) is 9.97 Å². The van der Waals surface area contributed by atoms with Crippen molar-refractivity contribution in [3.8, 4) is 11.8 Å². The van der Waals surface area contributed by atoms with Gasteiger partial charge in [0.15, 0.2) is 0 Å². The molecule has 1 aromatic carbocycles. The van der Waals surface area contributed by atoms with Crippen molar-refractivity contribution in [3.05, 3.63) is 47.2 Å². The smallest absolute Gasteiger partial charge is 0.321 e. The molecule has 1 unspecified atom stereocenters. The zero-order chi connectivity index (χ0) is 13.0. The monoisotopic (exact) mass is 263 g/mol. The third kappa shape index (κ3) is 3.42.